The predicted octanol–water partition coefficient (Wildman–Crippen LogP) is 3.72. The molecule has 2 aromatic carbocycles. The maximum Gasteiger partial charge on any atom is 0.292 e. The Balaban J connectivity index is 2.03. The van der Waals surface area contributed by atoms with E-state index in [1.165, 1.54) is 11.1 Å². The highest BCUT2D eigenvalue weighted by Crippen LogP contribution is 2.37. The van der Waals surface area contributed by atoms with E-state index < -0.39 is 0 Å². The van der Waals surface area contributed by atoms with Crippen molar-refractivity contribution in [3.8, 4) is 0 Å². The van der Waals surface area contributed by atoms with Crippen molar-refractivity contribution in [1.29, 1.82) is 0 Å². The standard InChI is InChI=1S/C16H16N2O2/c1-12-14-7-3-2-6-13(14)10-11-17(12)15-8-4-5-9-16(15)18(19)20/h2-9,12H,10-11H2,1H3. The van der Waals surface area contributed by atoms with Crippen molar-refractivity contribution in [3.05, 3.63) is 69.8 Å². The smallest absolute Gasteiger partial charge is 0.292 e. The van der Waals surface area contributed by atoms with Crippen LogP contribution >= 0.6 is 0 Å². The molecule has 0 radical (unpaired) electrons. The number of nitrogens with zero attached hydrogens (tertiary/aromatic N) is 2. The Bertz CT molecular complexity index is 654. The molecule has 1 unspecified atom stereocenters. The average molecular weight is 268 g/mol. The highest BCUT2D eigenvalue weighted by atomic mass is 16.6. The highest BCUT2D eigenvalue weighted by Gasteiger charge is 2.27. The summed E-state index contributed by atoms with van der Waals surface area (Å²) in [7, 11) is 0. The summed E-state index contributed by atoms with van der Waals surface area (Å²) in [5, 5.41) is 11.2. The number of anilines is 1. The highest BCUT2D eigenvalue weighted by molar-refractivity contribution is 5.65. The summed E-state index contributed by atoms with van der Waals surface area (Å²) in [6.07, 6.45) is 0.923. The molecule has 20 heavy (non-hydrogen) atoms. The van der Waals surface area contributed by atoms with E-state index in [0.717, 1.165) is 13.0 Å². The van der Waals surface area contributed by atoms with E-state index in [-0.39, 0.29) is 16.7 Å². The summed E-state index contributed by atoms with van der Waals surface area (Å²) >= 11 is 0. The molecule has 0 saturated heterocycles. The third kappa shape index (κ3) is 2.03. The van der Waals surface area contributed by atoms with E-state index in [2.05, 4.69) is 24.0 Å². The molecule has 4 nitrogen and oxygen atoms in total. The van der Waals surface area contributed by atoms with E-state index in [1.807, 2.05) is 24.3 Å². The number of nitro benzene ring substituents is 1. The Kier molecular flexibility index (Phi) is 3.14. The normalized spacial score (nSPS) is 17.6. The monoisotopic (exact) mass is 268 g/mol. The summed E-state index contributed by atoms with van der Waals surface area (Å²) in [6.45, 7) is 2.91. The lowest BCUT2D eigenvalue weighted by atomic mass is 9.93. The molecule has 0 aliphatic carbocycles. The Morgan fingerprint density at radius 3 is 2.65 bits per heavy atom. The van der Waals surface area contributed by atoms with Gasteiger partial charge in [-0.15, -0.1) is 0 Å². The fourth-order valence-electron chi connectivity index (χ4n) is 2.96. The van der Waals surface area contributed by atoms with Crippen molar-refractivity contribution < 1.29 is 4.92 Å². The fraction of sp³-hybridized carbons (Fsp3) is 0.250. The molecule has 0 fully saturated rings. The molecule has 4 heteroatoms. The van der Waals surface area contributed by atoms with Gasteiger partial charge in [-0.2, -0.15) is 0 Å². The first-order chi connectivity index (χ1) is 9.68. The molecule has 1 atom stereocenters. The van der Waals surface area contributed by atoms with E-state index in [4.69, 9.17) is 0 Å². The zero-order valence-corrected chi connectivity index (χ0v) is 11.3. The van der Waals surface area contributed by atoms with Crippen LogP contribution in [0.3, 0.4) is 0 Å². The number of rotatable bonds is 2. The van der Waals surface area contributed by atoms with Crippen molar-refractivity contribution in [2.75, 3.05) is 11.4 Å². The first-order valence-electron chi connectivity index (χ1n) is 6.76. The number of benzene rings is 2. The summed E-state index contributed by atoms with van der Waals surface area (Å²) in [5.41, 5.74) is 3.49. The Morgan fingerprint density at radius 1 is 1.15 bits per heavy atom. The molecule has 0 saturated carbocycles. The van der Waals surface area contributed by atoms with Crippen molar-refractivity contribution in [1.82, 2.24) is 0 Å². The zero-order valence-electron chi connectivity index (χ0n) is 11.3. The first kappa shape index (κ1) is 12.7. The molecule has 0 amide bonds. The molecule has 0 aromatic heterocycles. The molecule has 2 aromatic rings. The lowest BCUT2D eigenvalue weighted by molar-refractivity contribution is -0.384. The number of para-hydroxylation sites is 2. The van der Waals surface area contributed by atoms with Gasteiger partial charge in [-0.25, -0.2) is 0 Å². The van der Waals surface area contributed by atoms with Crippen LogP contribution in [0.25, 0.3) is 0 Å². The van der Waals surface area contributed by atoms with Crippen LogP contribution in [0, 0.1) is 10.1 Å². The zero-order chi connectivity index (χ0) is 14.1. The third-order valence-electron chi connectivity index (χ3n) is 3.98. The van der Waals surface area contributed by atoms with Gasteiger partial charge in [0.1, 0.15) is 5.69 Å². The van der Waals surface area contributed by atoms with Crippen LogP contribution in [0.4, 0.5) is 11.4 Å². The number of hydrogen-bond acceptors (Lipinski definition) is 3. The lowest BCUT2D eigenvalue weighted by Crippen LogP contribution is -2.34. The van der Waals surface area contributed by atoms with Gasteiger partial charge in [-0.3, -0.25) is 10.1 Å². The third-order valence-corrected chi connectivity index (χ3v) is 3.98. The van der Waals surface area contributed by atoms with Gasteiger partial charge >= 0.3 is 0 Å². The Hall–Kier alpha value is -2.36. The maximum absolute atomic E-state index is 11.2. The summed E-state index contributed by atoms with van der Waals surface area (Å²) < 4.78 is 0. The molecule has 1 aliphatic rings. The fourth-order valence-corrected chi connectivity index (χ4v) is 2.96. The molecule has 1 aliphatic heterocycles. The SMILES string of the molecule is CC1c2ccccc2CCN1c1ccccc1[N+](=O)[O-]. The minimum atomic E-state index is -0.303. The van der Waals surface area contributed by atoms with Crippen LogP contribution < -0.4 is 4.90 Å². The molecular formula is C16H16N2O2. The van der Waals surface area contributed by atoms with Crippen molar-refractivity contribution in [2.24, 2.45) is 0 Å². The second kappa shape index (κ2) is 4.96. The van der Waals surface area contributed by atoms with E-state index in [9.17, 15) is 10.1 Å². The Labute approximate surface area is 117 Å². The Morgan fingerprint density at radius 2 is 1.85 bits per heavy atom. The minimum absolute atomic E-state index is 0.154. The second-order valence-corrected chi connectivity index (χ2v) is 5.06. The predicted molar refractivity (Wildman–Crippen MR) is 79.0 cm³/mol. The van der Waals surface area contributed by atoms with Gasteiger partial charge in [0.15, 0.2) is 0 Å². The number of hydrogen-bond donors (Lipinski definition) is 0. The molecule has 0 bridgehead atoms. The first-order valence-corrected chi connectivity index (χ1v) is 6.76. The van der Waals surface area contributed by atoms with Crippen LogP contribution in [0.2, 0.25) is 0 Å². The van der Waals surface area contributed by atoms with E-state index >= 15 is 0 Å². The van der Waals surface area contributed by atoms with Crippen molar-refractivity contribution in [2.45, 2.75) is 19.4 Å². The number of fused-ring (bicyclic) bond motifs is 1. The molecule has 102 valence electrons. The van der Waals surface area contributed by atoms with Gasteiger partial charge in [0.25, 0.3) is 5.69 Å². The van der Waals surface area contributed by atoms with Gasteiger partial charge in [-0.1, -0.05) is 36.4 Å². The molecule has 0 spiro atoms. The summed E-state index contributed by atoms with van der Waals surface area (Å²) in [4.78, 5) is 13.0. The maximum atomic E-state index is 11.2. The second-order valence-electron chi connectivity index (χ2n) is 5.06. The molecule has 3 rings (SSSR count). The van der Waals surface area contributed by atoms with Gasteiger partial charge in [0.2, 0.25) is 0 Å². The van der Waals surface area contributed by atoms with Crippen LogP contribution in [-0.2, 0) is 6.42 Å². The average Bonchev–Trinajstić information content (AvgIpc) is 2.48. The molecule has 0 N–H and O–H groups in total. The summed E-state index contributed by atoms with van der Waals surface area (Å²) in [6, 6.07) is 15.5. The van der Waals surface area contributed by atoms with Crippen LogP contribution in [0.5, 0.6) is 0 Å². The lowest BCUT2D eigenvalue weighted by Gasteiger charge is -2.36. The van der Waals surface area contributed by atoms with Gasteiger partial charge in [0, 0.05) is 12.6 Å². The molecular weight excluding hydrogens is 252 g/mol. The van der Waals surface area contributed by atoms with E-state index in [0.29, 0.717) is 5.69 Å². The van der Waals surface area contributed by atoms with Crippen LogP contribution in [-0.4, -0.2) is 11.5 Å². The topological polar surface area (TPSA) is 46.4 Å². The largest absolute Gasteiger partial charge is 0.359 e. The van der Waals surface area contributed by atoms with Gasteiger partial charge < -0.3 is 4.90 Å². The van der Waals surface area contributed by atoms with Crippen molar-refractivity contribution >= 4 is 11.4 Å². The summed E-state index contributed by atoms with van der Waals surface area (Å²) in [5.74, 6) is 0. The van der Waals surface area contributed by atoms with Gasteiger partial charge in [0.05, 0.1) is 11.0 Å². The minimum Gasteiger partial charge on any atom is -0.359 e. The molecule has 1 heterocycles. The van der Waals surface area contributed by atoms with E-state index in [1.54, 1.807) is 12.1 Å². The quantitative estimate of drug-likeness (QED) is 0.616. The number of nitro groups is 1. The van der Waals surface area contributed by atoms with Crippen LogP contribution in [0.1, 0.15) is 24.1 Å². The van der Waals surface area contributed by atoms with Crippen molar-refractivity contribution in [3.63, 3.8) is 0 Å². The van der Waals surface area contributed by atoms with Crippen LogP contribution in [0.15, 0.2) is 48.5 Å². The van der Waals surface area contributed by atoms with Gasteiger partial charge in [-0.05, 0) is 30.5 Å².